The van der Waals surface area contributed by atoms with Crippen LogP contribution in [0.15, 0.2) is 42.5 Å². The van der Waals surface area contributed by atoms with Gasteiger partial charge in [-0.2, -0.15) is 0 Å². The van der Waals surface area contributed by atoms with Gasteiger partial charge in [0.15, 0.2) is 0 Å². The van der Waals surface area contributed by atoms with Gasteiger partial charge in [0.25, 0.3) is 0 Å². The minimum absolute atomic E-state index is 0.273. The number of hydrogen-bond donors (Lipinski definition) is 1. The third-order valence-electron chi connectivity index (χ3n) is 4.84. The van der Waals surface area contributed by atoms with Crippen LogP contribution in [0.4, 0.5) is 5.69 Å². The summed E-state index contributed by atoms with van der Waals surface area (Å²) in [5.41, 5.74) is 1.66. The van der Waals surface area contributed by atoms with Gasteiger partial charge in [-0.15, -0.1) is 0 Å². The molecular formula is C18H24N2. The van der Waals surface area contributed by atoms with Gasteiger partial charge in [0.1, 0.15) is 0 Å². The molecule has 1 saturated heterocycles. The number of benzene rings is 2. The van der Waals surface area contributed by atoms with Crippen LogP contribution in [0.2, 0.25) is 0 Å². The summed E-state index contributed by atoms with van der Waals surface area (Å²) in [5.74, 6) is 0. The highest BCUT2D eigenvalue weighted by Crippen LogP contribution is 2.30. The molecule has 1 aliphatic heterocycles. The summed E-state index contributed by atoms with van der Waals surface area (Å²) in [6, 6.07) is 15.4. The summed E-state index contributed by atoms with van der Waals surface area (Å²) in [6.07, 6.45) is 2.37. The van der Waals surface area contributed by atoms with E-state index in [9.17, 15) is 0 Å². The molecule has 2 aromatic carbocycles. The first-order valence-electron chi connectivity index (χ1n) is 7.76. The van der Waals surface area contributed by atoms with Crippen LogP contribution in [0.1, 0.15) is 26.7 Å². The zero-order chi connectivity index (χ0) is 14.0. The maximum absolute atomic E-state index is 3.74. The smallest absolute Gasteiger partial charge is 0.0446 e. The first kappa shape index (κ1) is 13.4. The monoisotopic (exact) mass is 268 g/mol. The van der Waals surface area contributed by atoms with Gasteiger partial charge in [-0.1, -0.05) is 50.2 Å². The molecule has 0 aliphatic carbocycles. The molecule has 0 amide bonds. The zero-order valence-electron chi connectivity index (χ0n) is 12.5. The molecule has 2 heteroatoms. The fraction of sp³-hybridized carbons (Fsp3) is 0.444. The maximum Gasteiger partial charge on any atom is 0.0446 e. The minimum Gasteiger partial charge on any atom is -0.368 e. The lowest BCUT2D eigenvalue weighted by atomic mass is 9.89. The van der Waals surface area contributed by atoms with E-state index in [2.05, 4.69) is 66.5 Å². The molecule has 106 valence electrons. The highest BCUT2D eigenvalue weighted by atomic mass is 15.2. The first-order chi connectivity index (χ1) is 9.78. The third kappa shape index (κ3) is 2.29. The summed E-state index contributed by atoms with van der Waals surface area (Å²) in [5, 5.41) is 6.45. The lowest BCUT2D eigenvalue weighted by Gasteiger charge is -2.44. The van der Waals surface area contributed by atoms with Gasteiger partial charge in [0.05, 0.1) is 0 Å². The van der Waals surface area contributed by atoms with Gasteiger partial charge in [0.2, 0.25) is 0 Å². The van der Waals surface area contributed by atoms with Crippen molar-refractivity contribution in [1.82, 2.24) is 5.32 Å². The van der Waals surface area contributed by atoms with E-state index >= 15 is 0 Å². The first-order valence-corrected chi connectivity index (χ1v) is 7.76. The normalized spacial score (nSPS) is 18.4. The second-order valence-corrected chi connectivity index (χ2v) is 5.83. The molecule has 2 aromatic rings. The Morgan fingerprint density at radius 2 is 1.80 bits per heavy atom. The topological polar surface area (TPSA) is 15.3 Å². The van der Waals surface area contributed by atoms with Crippen LogP contribution in [-0.4, -0.2) is 25.2 Å². The Morgan fingerprint density at radius 3 is 2.60 bits per heavy atom. The van der Waals surface area contributed by atoms with Crippen molar-refractivity contribution in [3.05, 3.63) is 42.5 Å². The summed E-state index contributed by atoms with van der Waals surface area (Å²) in [6.45, 7) is 7.86. The van der Waals surface area contributed by atoms with Gasteiger partial charge in [-0.25, -0.2) is 0 Å². The van der Waals surface area contributed by atoms with Crippen LogP contribution in [0, 0.1) is 0 Å². The van der Waals surface area contributed by atoms with Gasteiger partial charge < -0.3 is 10.2 Å². The van der Waals surface area contributed by atoms with E-state index < -0.39 is 0 Å². The predicted octanol–water partition coefficient (Wildman–Crippen LogP) is 3.81. The molecule has 0 radical (unpaired) electrons. The molecule has 0 bridgehead atoms. The summed E-state index contributed by atoms with van der Waals surface area (Å²) in [7, 11) is 0. The lowest BCUT2D eigenvalue weighted by Crippen LogP contribution is -2.60. The number of hydrogen-bond acceptors (Lipinski definition) is 2. The molecule has 0 spiro atoms. The van der Waals surface area contributed by atoms with E-state index in [1.165, 1.54) is 29.3 Å². The van der Waals surface area contributed by atoms with Crippen LogP contribution in [0.3, 0.4) is 0 Å². The van der Waals surface area contributed by atoms with Crippen molar-refractivity contribution in [1.29, 1.82) is 0 Å². The molecule has 1 heterocycles. The van der Waals surface area contributed by atoms with E-state index in [0.29, 0.717) is 0 Å². The Morgan fingerprint density at radius 1 is 1.05 bits per heavy atom. The van der Waals surface area contributed by atoms with Crippen LogP contribution in [0.5, 0.6) is 0 Å². The van der Waals surface area contributed by atoms with Crippen LogP contribution in [0.25, 0.3) is 10.8 Å². The van der Waals surface area contributed by atoms with Crippen molar-refractivity contribution in [2.75, 3.05) is 24.5 Å². The summed E-state index contributed by atoms with van der Waals surface area (Å²) in [4.78, 5) is 2.56. The number of rotatable bonds is 3. The zero-order valence-corrected chi connectivity index (χ0v) is 12.5. The molecule has 2 nitrogen and oxygen atoms in total. The molecule has 0 atom stereocenters. The van der Waals surface area contributed by atoms with Crippen LogP contribution in [-0.2, 0) is 0 Å². The van der Waals surface area contributed by atoms with Gasteiger partial charge >= 0.3 is 0 Å². The SMILES string of the molecule is CCC1(CC)CN(c2cccc3ccccc23)CCN1. The molecule has 1 N–H and O–H groups in total. The molecule has 0 unspecified atom stereocenters. The summed E-state index contributed by atoms with van der Waals surface area (Å²) >= 11 is 0. The molecule has 20 heavy (non-hydrogen) atoms. The van der Waals surface area contributed by atoms with E-state index in [1.807, 2.05) is 0 Å². The van der Waals surface area contributed by atoms with E-state index in [-0.39, 0.29) is 5.54 Å². The van der Waals surface area contributed by atoms with Crippen LogP contribution < -0.4 is 10.2 Å². The van der Waals surface area contributed by atoms with Crippen molar-refractivity contribution >= 4 is 16.5 Å². The Balaban J connectivity index is 1.98. The fourth-order valence-corrected chi connectivity index (χ4v) is 3.37. The van der Waals surface area contributed by atoms with Gasteiger partial charge in [0, 0.05) is 36.2 Å². The number of piperazine rings is 1. The number of anilines is 1. The Bertz CT molecular complexity index is 581. The second kappa shape index (κ2) is 5.45. The number of fused-ring (bicyclic) bond motifs is 1. The van der Waals surface area contributed by atoms with Crippen molar-refractivity contribution < 1.29 is 0 Å². The second-order valence-electron chi connectivity index (χ2n) is 5.83. The quantitative estimate of drug-likeness (QED) is 0.910. The minimum atomic E-state index is 0.273. The molecule has 0 saturated carbocycles. The number of nitrogens with one attached hydrogen (secondary N) is 1. The Kier molecular flexibility index (Phi) is 3.66. The Hall–Kier alpha value is -1.54. The predicted molar refractivity (Wildman–Crippen MR) is 87.5 cm³/mol. The highest BCUT2D eigenvalue weighted by Gasteiger charge is 2.32. The lowest BCUT2D eigenvalue weighted by molar-refractivity contribution is 0.277. The largest absolute Gasteiger partial charge is 0.368 e. The standard InChI is InChI=1S/C18H24N2/c1-3-18(4-2)14-20(13-12-19-18)17-11-7-9-15-8-5-6-10-16(15)17/h5-11,19H,3-4,12-14H2,1-2H3. The molecular weight excluding hydrogens is 244 g/mol. The van der Waals surface area contributed by atoms with Crippen molar-refractivity contribution in [3.8, 4) is 0 Å². The fourth-order valence-electron chi connectivity index (χ4n) is 3.37. The van der Waals surface area contributed by atoms with E-state index in [0.717, 1.165) is 19.6 Å². The summed E-state index contributed by atoms with van der Waals surface area (Å²) < 4.78 is 0. The van der Waals surface area contributed by atoms with Gasteiger partial charge in [-0.05, 0) is 24.3 Å². The molecule has 1 aliphatic rings. The average Bonchev–Trinajstić information content (AvgIpc) is 2.54. The third-order valence-corrected chi connectivity index (χ3v) is 4.84. The molecule has 0 aromatic heterocycles. The average molecular weight is 268 g/mol. The highest BCUT2D eigenvalue weighted by molar-refractivity contribution is 5.94. The number of nitrogens with zero attached hydrogens (tertiary/aromatic N) is 1. The molecule has 1 fully saturated rings. The van der Waals surface area contributed by atoms with Crippen LogP contribution >= 0.6 is 0 Å². The van der Waals surface area contributed by atoms with E-state index in [1.54, 1.807) is 0 Å². The van der Waals surface area contributed by atoms with Crippen molar-refractivity contribution in [3.63, 3.8) is 0 Å². The van der Waals surface area contributed by atoms with Crippen molar-refractivity contribution in [2.24, 2.45) is 0 Å². The van der Waals surface area contributed by atoms with E-state index in [4.69, 9.17) is 0 Å². The Labute approximate surface area is 121 Å². The maximum atomic E-state index is 3.74. The van der Waals surface area contributed by atoms with Crippen molar-refractivity contribution in [2.45, 2.75) is 32.2 Å². The van der Waals surface area contributed by atoms with Gasteiger partial charge in [-0.3, -0.25) is 0 Å². The molecule has 3 rings (SSSR count).